The van der Waals surface area contributed by atoms with E-state index >= 15 is 0 Å². The summed E-state index contributed by atoms with van der Waals surface area (Å²) < 4.78 is 27.8. The van der Waals surface area contributed by atoms with Gasteiger partial charge in [-0.2, -0.15) is 0 Å². The molecule has 1 heterocycles. The van der Waals surface area contributed by atoms with E-state index in [9.17, 15) is 0 Å². The third kappa shape index (κ3) is 4.39. The lowest BCUT2D eigenvalue weighted by molar-refractivity contribution is -0.168. The largest absolute Gasteiger partial charge is 0.493 e. The molecular weight excluding hydrogens is 284 g/mol. The minimum atomic E-state index is -0.123. The van der Waals surface area contributed by atoms with E-state index < -0.39 is 0 Å². The number of ether oxygens (including phenoxy) is 5. The van der Waals surface area contributed by atoms with Gasteiger partial charge >= 0.3 is 0 Å². The van der Waals surface area contributed by atoms with Crippen LogP contribution in [0, 0.1) is 0 Å². The SMILES string of the molecule is C=CCOc1c(OC)cc(COC2CCCCO2)cc1OC. The van der Waals surface area contributed by atoms with Crippen LogP contribution in [0.5, 0.6) is 17.2 Å². The highest BCUT2D eigenvalue weighted by Gasteiger charge is 2.17. The highest BCUT2D eigenvalue weighted by Crippen LogP contribution is 2.38. The van der Waals surface area contributed by atoms with Crippen LogP contribution in [0.3, 0.4) is 0 Å². The molecule has 0 bridgehead atoms. The summed E-state index contributed by atoms with van der Waals surface area (Å²) >= 11 is 0. The summed E-state index contributed by atoms with van der Waals surface area (Å²) in [6, 6.07) is 3.79. The van der Waals surface area contributed by atoms with Crippen molar-refractivity contribution in [3.63, 3.8) is 0 Å². The topological polar surface area (TPSA) is 46.2 Å². The van der Waals surface area contributed by atoms with Crippen LogP contribution in [0.2, 0.25) is 0 Å². The van der Waals surface area contributed by atoms with Crippen LogP contribution in [0.1, 0.15) is 24.8 Å². The Morgan fingerprint density at radius 2 is 1.95 bits per heavy atom. The van der Waals surface area contributed by atoms with Gasteiger partial charge in [0.1, 0.15) is 6.61 Å². The van der Waals surface area contributed by atoms with Gasteiger partial charge in [0, 0.05) is 6.61 Å². The molecule has 1 aromatic rings. The van der Waals surface area contributed by atoms with Crippen molar-refractivity contribution < 1.29 is 23.7 Å². The fourth-order valence-corrected chi connectivity index (χ4v) is 2.33. The van der Waals surface area contributed by atoms with E-state index in [-0.39, 0.29) is 6.29 Å². The van der Waals surface area contributed by atoms with Crippen LogP contribution in [-0.4, -0.2) is 33.7 Å². The van der Waals surface area contributed by atoms with Gasteiger partial charge in [-0.15, -0.1) is 0 Å². The Labute approximate surface area is 131 Å². The highest BCUT2D eigenvalue weighted by molar-refractivity contribution is 5.53. The van der Waals surface area contributed by atoms with E-state index in [4.69, 9.17) is 23.7 Å². The number of benzene rings is 1. The maximum absolute atomic E-state index is 5.80. The second-order valence-electron chi connectivity index (χ2n) is 5.04. The van der Waals surface area contributed by atoms with Crippen LogP contribution in [-0.2, 0) is 16.1 Å². The second kappa shape index (κ2) is 8.66. The molecule has 1 aliphatic heterocycles. The summed E-state index contributed by atoms with van der Waals surface area (Å²) in [6.45, 7) is 5.25. The van der Waals surface area contributed by atoms with Crippen molar-refractivity contribution in [1.82, 2.24) is 0 Å². The zero-order valence-electron chi connectivity index (χ0n) is 13.3. The van der Waals surface area contributed by atoms with Gasteiger partial charge in [0.05, 0.1) is 20.8 Å². The van der Waals surface area contributed by atoms with Gasteiger partial charge in [0.15, 0.2) is 17.8 Å². The van der Waals surface area contributed by atoms with Crippen molar-refractivity contribution in [3.05, 3.63) is 30.4 Å². The average molecular weight is 308 g/mol. The molecule has 5 nitrogen and oxygen atoms in total. The minimum absolute atomic E-state index is 0.123. The molecule has 5 heteroatoms. The molecule has 1 fully saturated rings. The van der Waals surface area contributed by atoms with E-state index in [2.05, 4.69) is 6.58 Å². The Morgan fingerprint density at radius 1 is 1.23 bits per heavy atom. The zero-order chi connectivity index (χ0) is 15.8. The third-order valence-electron chi connectivity index (χ3n) is 3.44. The van der Waals surface area contributed by atoms with Gasteiger partial charge in [-0.05, 0) is 37.0 Å². The highest BCUT2D eigenvalue weighted by atomic mass is 16.7. The van der Waals surface area contributed by atoms with E-state index in [0.717, 1.165) is 31.4 Å². The molecule has 0 spiro atoms. The van der Waals surface area contributed by atoms with Crippen LogP contribution < -0.4 is 14.2 Å². The third-order valence-corrected chi connectivity index (χ3v) is 3.44. The summed E-state index contributed by atoms with van der Waals surface area (Å²) in [7, 11) is 3.20. The summed E-state index contributed by atoms with van der Waals surface area (Å²) in [5.41, 5.74) is 0.953. The van der Waals surface area contributed by atoms with Crippen LogP contribution in [0.15, 0.2) is 24.8 Å². The van der Waals surface area contributed by atoms with Gasteiger partial charge < -0.3 is 23.7 Å². The molecule has 1 unspecified atom stereocenters. The maximum atomic E-state index is 5.80. The number of methoxy groups -OCH3 is 2. The Kier molecular flexibility index (Phi) is 6.55. The van der Waals surface area contributed by atoms with E-state index in [1.54, 1.807) is 20.3 Å². The Balaban J connectivity index is 2.08. The van der Waals surface area contributed by atoms with E-state index in [1.807, 2.05) is 12.1 Å². The molecule has 1 atom stereocenters. The van der Waals surface area contributed by atoms with Crippen LogP contribution in [0.25, 0.3) is 0 Å². The molecule has 0 saturated carbocycles. The number of hydrogen-bond acceptors (Lipinski definition) is 5. The first kappa shape index (κ1) is 16.6. The molecule has 0 N–H and O–H groups in total. The van der Waals surface area contributed by atoms with Crippen molar-refractivity contribution in [3.8, 4) is 17.2 Å². The summed E-state index contributed by atoms with van der Waals surface area (Å²) in [4.78, 5) is 0. The quantitative estimate of drug-likeness (QED) is 0.689. The summed E-state index contributed by atoms with van der Waals surface area (Å²) in [5.74, 6) is 1.80. The second-order valence-corrected chi connectivity index (χ2v) is 5.04. The Hall–Kier alpha value is -1.72. The van der Waals surface area contributed by atoms with Gasteiger partial charge in [-0.25, -0.2) is 0 Å². The molecule has 0 radical (unpaired) electrons. The van der Waals surface area contributed by atoms with E-state index in [0.29, 0.717) is 30.5 Å². The van der Waals surface area contributed by atoms with Crippen molar-refractivity contribution >= 4 is 0 Å². The first-order chi connectivity index (χ1) is 10.8. The Bertz CT molecular complexity index is 455. The lowest BCUT2D eigenvalue weighted by Crippen LogP contribution is -2.22. The smallest absolute Gasteiger partial charge is 0.203 e. The van der Waals surface area contributed by atoms with Crippen molar-refractivity contribution in [1.29, 1.82) is 0 Å². The molecule has 1 aliphatic rings. The molecule has 0 amide bonds. The van der Waals surface area contributed by atoms with Crippen LogP contribution >= 0.6 is 0 Å². The molecule has 1 aromatic carbocycles. The predicted molar refractivity (Wildman–Crippen MR) is 83.6 cm³/mol. The molecule has 22 heavy (non-hydrogen) atoms. The standard InChI is InChI=1S/C17H24O5/c1-4-8-21-17-14(18-2)10-13(11-15(17)19-3)12-22-16-7-5-6-9-20-16/h4,10-11,16H,1,5-9,12H2,2-3H3. The molecule has 1 saturated heterocycles. The van der Waals surface area contributed by atoms with Crippen LogP contribution in [0.4, 0.5) is 0 Å². The lowest BCUT2D eigenvalue weighted by atomic mass is 10.2. The van der Waals surface area contributed by atoms with Gasteiger partial charge in [0.2, 0.25) is 5.75 Å². The summed E-state index contributed by atoms with van der Waals surface area (Å²) in [5, 5.41) is 0. The monoisotopic (exact) mass is 308 g/mol. The molecule has 122 valence electrons. The maximum Gasteiger partial charge on any atom is 0.203 e. The fraction of sp³-hybridized carbons (Fsp3) is 0.529. The number of hydrogen-bond donors (Lipinski definition) is 0. The van der Waals surface area contributed by atoms with Gasteiger partial charge in [-0.1, -0.05) is 12.7 Å². The lowest BCUT2D eigenvalue weighted by Gasteiger charge is -2.23. The van der Waals surface area contributed by atoms with Crippen molar-refractivity contribution in [2.24, 2.45) is 0 Å². The average Bonchev–Trinajstić information content (AvgIpc) is 2.58. The molecule has 0 aromatic heterocycles. The molecular formula is C17H24O5. The minimum Gasteiger partial charge on any atom is -0.493 e. The van der Waals surface area contributed by atoms with Gasteiger partial charge in [-0.3, -0.25) is 0 Å². The fourth-order valence-electron chi connectivity index (χ4n) is 2.33. The first-order valence-electron chi connectivity index (χ1n) is 7.50. The Morgan fingerprint density at radius 3 is 2.50 bits per heavy atom. The zero-order valence-corrected chi connectivity index (χ0v) is 13.3. The first-order valence-corrected chi connectivity index (χ1v) is 7.50. The molecule has 2 rings (SSSR count). The predicted octanol–water partition coefficient (Wildman–Crippen LogP) is 3.31. The van der Waals surface area contributed by atoms with Crippen molar-refractivity contribution in [2.75, 3.05) is 27.4 Å². The molecule has 0 aliphatic carbocycles. The number of rotatable bonds is 8. The van der Waals surface area contributed by atoms with Gasteiger partial charge in [0.25, 0.3) is 0 Å². The van der Waals surface area contributed by atoms with Crippen molar-refractivity contribution in [2.45, 2.75) is 32.2 Å². The normalized spacial score (nSPS) is 17.8. The summed E-state index contributed by atoms with van der Waals surface area (Å²) in [6.07, 6.45) is 4.75. The van der Waals surface area contributed by atoms with E-state index in [1.165, 1.54) is 0 Å².